The molecule has 1 aliphatic heterocycles. The van der Waals surface area contributed by atoms with Crippen LogP contribution < -0.4 is 10.6 Å². The van der Waals surface area contributed by atoms with E-state index in [4.69, 9.17) is 0 Å². The summed E-state index contributed by atoms with van der Waals surface area (Å²) in [5.41, 5.74) is 3.79. The first-order valence-corrected chi connectivity index (χ1v) is 7.61. The minimum Gasteiger partial charge on any atom is -0.352 e. The molecule has 1 aliphatic carbocycles. The molecular formula is C17H20N2O2. The van der Waals surface area contributed by atoms with E-state index in [0.717, 1.165) is 17.7 Å². The van der Waals surface area contributed by atoms with Gasteiger partial charge in [0.2, 0.25) is 5.91 Å². The van der Waals surface area contributed by atoms with E-state index in [9.17, 15) is 9.59 Å². The van der Waals surface area contributed by atoms with Crippen molar-refractivity contribution in [3.05, 3.63) is 41.0 Å². The van der Waals surface area contributed by atoms with Crippen LogP contribution in [0, 0.1) is 0 Å². The molecule has 1 aromatic rings. The number of hydrogen-bond donors (Lipinski definition) is 2. The topological polar surface area (TPSA) is 58.2 Å². The molecule has 3 rings (SSSR count). The van der Waals surface area contributed by atoms with Crippen molar-refractivity contribution in [3.63, 3.8) is 0 Å². The molecule has 21 heavy (non-hydrogen) atoms. The van der Waals surface area contributed by atoms with Crippen molar-refractivity contribution < 1.29 is 9.59 Å². The van der Waals surface area contributed by atoms with Crippen LogP contribution in [0.15, 0.2) is 29.8 Å². The van der Waals surface area contributed by atoms with Crippen LogP contribution in [0.3, 0.4) is 0 Å². The van der Waals surface area contributed by atoms with Crippen LogP contribution in [0.4, 0.5) is 5.69 Å². The van der Waals surface area contributed by atoms with Gasteiger partial charge in [-0.1, -0.05) is 17.7 Å². The summed E-state index contributed by atoms with van der Waals surface area (Å²) < 4.78 is 0. The summed E-state index contributed by atoms with van der Waals surface area (Å²) in [4.78, 5) is 23.4. The van der Waals surface area contributed by atoms with Crippen molar-refractivity contribution in [2.45, 2.75) is 38.5 Å². The molecule has 0 radical (unpaired) electrons. The molecule has 1 aromatic carbocycles. The second-order valence-electron chi connectivity index (χ2n) is 5.71. The van der Waals surface area contributed by atoms with Crippen LogP contribution in [0.25, 0.3) is 0 Å². The SMILES string of the molecule is O=C1Cc2ccc(C(=O)NCCC3=CCCCC3)cc2N1. The van der Waals surface area contributed by atoms with Gasteiger partial charge in [0, 0.05) is 17.8 Å². The van der Waals surface area contributed by atoms with Crippen molar-refractivity contribution in [2.24, 2.45) is 0 Å². The normalized spacial score (nSPS) is 17.0. The third-order valence-corrected chi connectivity index (χ3v) is 4.11. The average molecular weight is 284 g/mol. The van der Waals surface area contributed by atoms with Gasteiger partial charge in [0.05, 0.1) is 6.42 Å². The van der Waals surface area contributed by atoms with E-state index < -0.39 is 0 Å². The van der Waals surface area contributed by atoms with Crippen molar-refractivity contribution in [1.82, 2.24) is 5.32 Å². The lowest BCUT2D eigenvalue weighted by Crippen LogP contribution is -2.25. The summed E-state index contributed by atoms with van der Waals surface area (Å²) in [5, 5.41) is 5.73. The molecule has 0 atom stereocenters. The Kier molecular flexibility index (Phi) is 4.04. The fourth-order valence-corrected chi connectivity index (χ4v) is 2.93. The average Bonchev–Trinajstić information content (AvgIpc) is 2.87. The van der Waals surface area contributed by atoms with Crippen LogP contribution in [-0.2, 0) is 11.2 Å². The molecule has 4 nitrogen and oxygen atoms in total. The van der Waals surface area contributed by atoms with Crippen LogP contribution in [0.2, 0.25) is 0 Å². The Morgan fingerprint density at radius 1 is 1.29 bits per heavy atom. The van der Waals surface area contributed by atoms with Gasteiger partial charge in [0.25, 0.3) is 5.91 Å². The largest absolute Gasteiger partial charge is 0.352 e. The number of carbonyl (C=O) groups excluding carboxylic acids is 2. The molecule has 110 valence electrons. The van der Waals surface area contributed by atoms with Crippen molar-refractivity contribution >= 4 is 17.5 Å². The van der Waals surface area contributed by atoms with Gasteiger partial charge in [0.15, 0.2) is 0 Å². The first-order valence-electron chi connectivity index (χ1n) is 7.61. The highest BCUT2D eigenvalue weighted by molar-refractivity contribution is 6.02. The maximum Gasteiger partial charge on any atom is 0.251 e. The molecule has 0 aromatic heterocycles. The summed E-state index contributed by atoms with van der Waals surface area (Å²) in [6, 6.07) is 5.40. The zero-order valence-electron chi connectivity index (χ0n) is 12.1. The van der Waals surface area contributed by atoms with Crippen molar-refractivity contribution in [3.8, 4) is 0 Å². The van der Waals surface area contributed by atoms with Crippen LogP contribution in [0.1, 0.15) is 48.0 Å². The minimum atomic E-state index is -0.0737. The zero-order chi connectivity index (χ0) is 14.7. The number of nitrogens with one attached hydrogen (secondary N) is 2. The number of amides is 2. The van der Waals surface area contributed by atoms with Gasteiger partial charge in [-0.3, -0.25) is 9.59 Å². The van der Waals surface area contributed by atoms with Gasteiger partial charge < -0.3 is 10.6 Å². The molecule has 2 aliphatic rings. The molecule has 2 N–H and O–H groups in total. The van der Waals surface area contributed by atoms with E-state index in [1.807, 2.05) is 6.07 Å². The lowest BCUT2D eigenvalue weighted by molar-refractivity contribution is -0.115. The Bertz CT molecular complexity index is 605. The van der Waals surface area contributed by atoms with Gasteiger partial charge in [0.1, 0.15) is 0 Å². The standard InChI is InChI=1S/C17H20N2O2/c20-16-11-13-6-7-14(10-15(13)19-16)17(21)18-9-8-12-4-2-1-3-5-12/h4,6-7,10H,1-3,5,8-9,11H2,(H,18,21)(H,19,20). The summed E-state index contributed by atoms with van der Waals surface area (Å²) >= 11 is 0. The predicted molar refractivity (Wildman–Crippen MR) is 82.3 cm³/mol. The van der Waals surface area contributed by atoms with Crippen molar-refractivity contribution in [2.75, 3.05) is 11.9 Å². The van der Waals surface area contributed by atoms with Crippen molar-refractivity contribution in [1.29, 1.82) is 0 Å². The Morgan fingerprint density at radius 3 is 3.00 bits per heavy atom. The number of allylic oxidation sites excluding steroid dienone is 1. The van der Waals surface area contributed by atoms with Gasteiger partial charge >= 0.3 is 0 Å². The number of rotatable bonds is 4. The fraction of sp³-hybridized carbons (Fsp3) is 0.412. The van der Waals surface area contributed by atoms with Crippen LogP contribution >= 0.6 is 0 Å². The van der Waals surface area contributed by atoms with E-state index in [1.54, 1.807) is 12.1 Å². The smallest absolute Gasteiger partial charge is 0.251 e. The molecule has 0 spiro atoms. The Morgan fingerprint density at radius 2 is 2.19 bits per heavy atom. The Hall–Kier alpha value is -2.10. The molecule has 0 saturated carbocycles. The Balaban J connectivity index is 1.55. The first-order chi connectivity index (χ1) is 10.2. The fourth-order valence-electron chi connectivity index (χ4n) is 2.93. The lowest BCUT2D eigenvalue weighted by atomic mass is 9.97. The number of fused-ring (bicyclic) bond motifs is 1. The number of carbonyl (C=O) groups is 2. The summed E-state index contributed by atoms with van der Waals surface area (Å²) in [7, 11) is 0. The van der Waals surface area contributed by atoms with Gasteiger partial charge in [-0.25, -0.2) is 0 Å². The molecule has 0 bridgehead atoms. The third-order valence-electron chi connectivity index (χ3n) is 4.11. The number of hydrogen-bond acceptors (Lipinski definition) is 2. The highest BCUT2D eigenvalue weighted by Crippen LogP contribution is 2.24. The summed E-state index contributed by atoms with van der Waals surface area (Å²) in [6.45, 7) is 0.675. The summed E-state index contributed by atoms with van der Waals surface area (Å²) in [6.07, 6.45) is 8.55. The van der Waals surface area contributed by atoms with E-state index in [1.165, 1.54) is 31.3 Å². The van der Waals surface area contributed by atoms with Gasteiger partial charge in [-0.2, -0.15) is 0 Å². The maximum atomic E-state index is 12.1. The molecule has 2 amide bonds. The number of anilines is 1. The maximum absolute atomic E-state index is 12.1. The van der Waals surface area contributed by atoms with Crippen LogP contribution in [-0.4, -0.2) is 18.4 Å². The molecule has 0 saturated heterocycles. The monoisotopic (exact) mass is 284 g/mol. The van der Waals surface area contributed by atoms with Gasteiger partial charge in [-0.05, 0) is 49.8 Å². The van der Waals surface area contributed by atoms with E-state index in [-0.39, 0.29) is 11.8 Å². The van der Waals surface area contributed by atoms with E-state index >= 15 is 0 Å². The van der Waals surface area contributed by atoms with E-state index in [2.05, 4.69) is 16.7 Å². The molecule has 1 heterocycles. The predicted octanol–water partition coefficient (Wildman–Crippen LogP) is 2.80. The summed E-state index contributed by atoms with van der Waals surface area (Å²) in [5.74, 6) is -0.0813. The molecular weight excluding hydrogens is 264 g/mol. The Labute approximate surface area is 124 Å². The quantitative estimate of drug-likeness (QED) is 0.835. The number of benzene rings is 1. The highest BCUT2D eigenvalue weighted by atomic mass is 16.2. The highest BCUT2D eigenvalue weighted by Gasteiger charge is 2.18. The van der Waals surface area contributed by atoms with Crippen LogP contribution in [0.5, 0.6) is 0 Å². The minimum absolute atomic E-state index is 0.00760. The lowest BCUT2D eigenvalue weighted by Gasteiger charge is -2.13. The molecule has 0 fully saturated rings. The van der Waals surface area contributed by atoms with Gasteiger partial charge in [-0.15, -0.1) is 0 Å². The van der Waals surface area contributed by atoms with E-state index in [0.29, 0.717) is 18.5 Å². The molecule has 0 unspecified atom stereocenters. The molecule has 4 heteroatoms. The zero-order valence-corrected chi connectivity index (χ0v) is 12.1. The second kappa shape index (κ2) is 6.12. The first kappa shape index (κ1) is 13.9. The second-order valence-corrected chi connectivity index (χ2v) is 5.71. The third kappa shape index (κ3) is 3.32.